The van der Waals surface area contributed by atoms with Crippen molar-refractivity contribution in [2.24, 2.45) is 5.14 Å². The maximum atomic E-state index is 11.2. The Morgan fingerprint density at radius 1 is 1.50 bits per heavy atom. The molecule has 88 valence electrons. The number of esters is 1. The molecule has 1 aromatic rings. The Morgan fingerprint density at radius 3 is 2.56 bits per heavy atom. The van der Waals surface area contributed by atoms with Crippen LogP contribution in [0.5, 0.6) is 0 Å². The summed E-state index contributed by atoms with van der Waals surface area (Å²) in [6, 6.07) is 4.23. The predicted molar refractivity (Wildman–Crippen MR) is 59.6 cm³/mol. The molecule has 0 aliphatic carbocycles. The van der Waals surface area contributed by atoms with Crippen molar-refractivity contribution in [1.82, 2.24) is 0 Å². The minimum absolute atomic E-state index is 0.132. The number of nitrogens with two attached hydrogens (primary N) is 1. The van der Waals surface area contributed by atoms with Gasteiger partial charge in [-0.2, -0.15) is 0 Å². The van der Waals surface area contributed by atoms with Crippen LogP contribution in [0.3, 0.4) is 0 Å². The minimum atomic E-state index is -3.61. The van der Waals surface area contributed by atoms with E-state index in [-0.39, 0.29) is 16.3 Å². The van der Waals surface area contributed by atoms with E-state index in [0.29, 0.717) is 5.56 Å². The van der Waals surface area contributed by atoms with Crippen LogP contribution in [0.4, 0.5) is 0 Å². The fourth-order valence-corrected chi connectivity index (χ4v) is 2.08. The molecule has 1 rings (SSSR count). The lowest BCUT2D eigenvalue weighted by molar-refractivity contribution is 0.0601. The Bertz CT molecular complexity index is 512. The van der Waals surface area contributed by atoms with E-state index >= 15 is 0 Å². The van der Waals surface area contributed by atoms with Crippen molar-refractivity contribution in [3.8, 4) is 0 Å². The van der Waals surface area contributed by atoms with Crippen molar-refractivity contribution >= 4 is 27.6 Å². The van der Waals surface area contributed by atoms with Gasteiger partial charge in [-0.15, -0.1) is 0 Å². The topological polar surface area (TPSA) is 86.5 Å². The summed E-state index contributed by atoms with van der Waals surface area (Å²) >= 11 is 5.80. The van der Waals surface area contributed by atoms with Gasteiger partial charge in [-0.3, -0.25) is 0 Å². The normalized spacial score (nSPS) is 11.2. The lowest BCUT2D eigenvalue weighted by atomic mass is 10.1. The summed E-state index contributed by atoms with van der Waals surface area (Å²) < 4.78 is 26.2. The number of ether oxygens (including phenoxy) is 1. The fourth-order valence-electron chi connectivity index (χ4n) is 1.16. The zero-order valence-corrected chi connectivity index (χ0v) is 10.0. The molecule has 0 aliphatic rings. The first-order chi connectivity index (χ1) is 7.33. The molecular formula is C9H10ClNO4S. The summed E-state index contributed by atoms with van der Waals surface area (Å²) in [5.74, 6) is -0.902. The van der Waals surface area contributed by atoms with E-state index in [1.165, 1.54) is 25.3 Å². The Balaban J connectivity index is 3.05. The van der Waals surface area contributed by atoms with Crippen LogP contribution >= 0.6 is 11.6 Å². The van der Waals surface area contributed by atoms with Crippen LogP contribution in [0.2, 0.25) is 5.02 Å². The summed E-state index contributed by atoms with van der Waals surface area (Å²) in [6.07, 6.45) is 0. The van der Waals surface area contributed by atoms with E-state index in [4.69, 9.17) is 16.7 Å². The maximum Gasteiger partial charge on any atom is 0.339 e. The first kappa shape index (κ1) is 13.0. The Labute approximate surface area is 98.2 Å². The number of halogens is 1. The molecule has 0 aliphatic heterocycles. The highest BCUT2D eigenvalue weighted by Gasteiger charge is 2.12. The van der Waals surface area contributed by atoms with Crippen LogP contribution in [-0.4, -0.2) is 21.5 Å². The van der Waals surface area contributed by atoms with Crippen LogP contribution in [0.25, 0.3) is 0 Å². The van der Waals surface area contributed by atoms with E-state index in [0.717, 1.165) is 0 Å². The van der Waals surface area contributed by atoms with Gasteiger partial charge in [0.2, 0.25) is 10.0 Å². The number of rotatable bonds is 3. The molecular weight excluding hydrogens is 254 g/mol. The minimum Gasteiger partial charge on any atom is -0.465 e. The third kappa shape index (κ3) is 3.48. The van der Waals surface area contributed by atoms with Crippen molar-refractivity contribution in [3.63, 3.8) is 0 Å². The molecule has 0 atom stereocenters. The van der Waals surface area contributed by atoms with Gasteiger partial charge >= 0.3 is 5.97 Å². The fraction of sp³-hybridized carbons (Fsp3) is 0.222. The van der Waals surface area contributed by atoms with E-state index in [2.05, 4.69) is 4.74 Å². The number of carbonyl (C=O) groups excluding carboxylic acids is 1. The monoisotopic (exact) mass is 263 g/mol. The predicted octanol–water partition coefficient (Wildman–Crippen LogP) is 0.915. The SMILES string of the molecule is COC(=O)c1ccc(CS(N)(=O)=O)cc1Cl. The number of carbonyl (C=O) groups is 1. The van der Waals surface area contributed by atoms with E-state index in [9.17, 15) is 13.2 Å². The molecule has 0 aromatic heterocycles. The highest BCUT2D eigenvalue weighted by molar-refractivity contribution is 7.88. The van der Waals surface area contributed by atoms with Crippen LogP contribution < -0.4 is 5.14 Å². The summed E-state index contributed by atoms with van der Waals surface area (Å²) in [5, 5.41) is 5.01. The van der Waals surface area contributed by atoms with Crippen molar-refractivity contribution < 1.29 is 17.9 Å². The Morgan fingerprint density at radius 2 is 2.12 bits per heavy atom. The third-order valence-corrected chi connectivity index (χ3v) is 2.86. The number of hydrogen-bond donors (Lipinski definition) is 1. The molecule has 5 nitrogen and oxygen atoms in total. The number of benzene rings is 1. The molecule has 16 heavy (non-hydrogen) atoms. The first-order valence-electron chi connectivity index (χ1n) is 4.20. The average molecular weight is 264 g/mol. The van der Waals surface area contributed by atoms with Gasteiger partial charge in [0.1, 0.15) is 0 Å². The summed E-state index contributed by atoms with van der Waals surface area (Å²) in [5.41, 5.74) is 0.600. The van der Waals surface area contributed by atoms with Gasteiger partial charge < -0.3 is 4.74 Å². The molecule has 0 bridgehead atoms. The number of primary sulfonamides is 1. The van der Waals surface area contributed by atoms with Gasteiger partial charge in [-0.05, 0) is 17.7 Å². The zero-order chi connectivity index (χ0) is 12.3. The summed E-state index contributed by atoms with van der Waals surface area (Å²) in [4.78, 5) is 11.2. The van der Waals surface area contributed by atoms with Crippen LogP contribution in [0.15, 0.2) is 18.2 Å². The molecule has 7 heteroatoms. The van der Waals surface area contributed by atoms with Crippen molar-refractivity contribution in [1.29, 1.82) is 0 Å². The second-order valence-corrected chi connectivity index (χ2v) is 5.13. The van der Waals surface area contributed by atoms with Gasteiger partial charge in [0.15, 0.2) is 0 Å². The lowest BCUT2D eigenvalue weighted by Crippen LogP contribution is -2.14. The molecule has 0 amide bonds. The molecule has 1 aromatic carbocycles. The van der Waals surface area contributed by atoms with Gasteiger partial charge in [0.05, 0.1) is 23.4 Å². The molecule has 2 N–H and O–H groups in total. The molecule has 0 saturated heterocycles. The summed E-state index contributed by atoms with van der Waals surface area (Å²) in [6.45, 7) is 0. The Hall–Kier alpha value is -1.11. The average Bonchev–Trinajstić information content (AvgIpc) is 2.14. The lowest BCUT2D eigenvalue weighted by Gasteiger charge is -2.04. The van der Waals surface area contributed by atoms with Gasteiger partial charge in [-0.25, -0.2) is 18.4 Å². The van der Waals surface area contributed by atoms with Crippen molar-refractivity contribution in [3.05, 3.63) is 34.3 Å². The zero-order valence-electron chi connectivity index (χ0n) is 8.44. The second kappa shape index (κ2) is 4.82. The standard InChI is InChI=1S/C9H10ClNO4S/c1-15-9(12)7-3-2-6(4-8(7)10)5-16(11,13)14/h2-4H,5H2,1H3,(H2,11,13,14). The molecule has 0 radical (unpaired) electrons. The van der Waals surface area contributed by atoms with Crippen molar-refractivity contribution in [2.75, 3.05) is 7.11 Å². The van der Waals surface area contributed by atoms with E-state index in [1.54, 1.807) is 0 Å². The van der Waals surface area contributed by atoms with Crippen molar-refractivity contribution in [2.45, 2.75) is 5.75 Å². The van der Waals surface area contributed by atoms with Gasteiger partial charge in [0, 0.05) is 0 Å². The van der Waals surface area contributed by atoms with E-state index in [1.807, 2.05) is 0 Å². The second-order valence-electron chi connectivity index (χ2n) is 3.11. The van der Waals surface area contributed by atoms with Crippen LogP contribution in [0, 0.1) is 0 Å². The third-order valence-electron chi connectivity index (χ3n) is 1.81. The molecule has 0 spiro atoms. The van der Waals surface area contributed by atoms with Crippen LogP contribution in [0.1, 0.15) is 15.9 Å². The Kier molecular flexibility index (Phi) is 3.90. The number of sulfonamides is 1. The van der Waals surface area contributed by atoms with E-state index < -0.39 is 16.0 Å². The molecule has 0 saturated carbocycles. The quantitative estimate of drug-likeness (QED) is 0.822. The highest BCUT2D eigenvalue weighted by Crippen LogP contribution is 2.19. The molecule has 0 fully saturated rings. The smallest absolute Gasteiger partial charge is 0.339 e. The molecule has 0 heterocycles. The molecule has 0 unspecified atom stereocenters. The first-order valence-corrected chi connectivity index (χ1v) is 6.30. The van der Waals surface area contributed by atoms with Crippen LogP contribution in [-0.2, 0) is 20.5 Å². The number of methoxy groups -OCH3 is 1. The van der Waals surface area contributed by atoms with Gasteiger partial charge in [0.25, 0.3) is 0 Å². The highest BCUT2D eigenvalue weighted by atomic mass is 35.5. The largest absolute Gasteiger partial charge is 0.465 e. The summed E-state index contributed by atoms with van der Waals surface area (Å²) in [7, 11) is -2.37. The maximum absolute atomic E-state index is 11.2. The number of hydrogen-bond acceptors (Lipinski definition) is 4. The van der Waals surface area contributed by atoms with Gasteiger partial charge in [-0.1, -0.05) is 17.7 Å².